The lowest BCUT2D eigenvalue weighted by molar-refractivity contribution is 0.0604. The van der Waals surface area contributed by atoms with Crippen LogP contribution in [0.4, 0.5) is 21.0 Å². The highest BCUT2D eigenvalue weighted by Crippen LogP contribution is 2.36. The molecule has 33 heavy (non-hydrogen) atoms. The fourth-order valence-corrected chi connectivity index (χ4v) is 3.81. The summed E-state index contributed by atoms with van der Waals surface area (Å²) in [6.45, 7) is 2.19. The van der Waals surface area contributed by atoms with Gasteiger partial charge in [-0.25, -0.2) is 19.2 Å². The van der Waals surface area contributed by atoms with E-state index in [-0.39, 0.29) is 12.1 Å². The SMILES string of the molecule is COCc1cn2c(Nc3cc([C@H]4OC[C@@H](OC(=O)NC5(C)CC5)[C@@H]4F)[nH]n3)ncc(Cl)c2n1. The number of alkyl carbamates (subject to hydrolysis) is 1. The number of imidazole rings is 1. The Morgan fingerprint density at radius 1 is 1.48 bits per heavy atom. The van der Waals surface area contributed by atoms with Crippen LogP contribution in [-0.2, 0) is 20.8 Å². The number of carbonyl (C=O) groups is 1. The molecule has 176 valence electrons. The van der Waals surface area contributed by atoms with E-state index in [0.717, 1.165) is 12.8 Å². The molecule has 11 nitrogen and oxygen atoms in total. The zero-order valence-electron chi connectivity index (χ0n) is 18.0. The quantitative estimate of drug-likeness (QED) is 0.471. The summed E-state index contributed by atoms with van der Waals surface area (Å²) in [6, 6.07) is 1.61. The van der Waals surface area contributed by atoms with Crippen LogP contribution in [0.5, 0.6) is 0 Å². The summed E-state index contributed by atoms with van der Waals surface area (Å²) in [5.74, 6) is 0.806. The number of carbonyl (C=O) groups excluding carboxylic acids is 1. The van der Waals surface area contributed by atoms with E-state index in [0.29, 0.717) is 40.4 Å². The summed E-state index contributed by atoms with van der Waals surface area (Å²) >= 11 is 6.21. The van der Waals surface area contributed by atoms with Gasteiger partial charge in [0.05, 0.1) is 30.8 Å². The summed E-state index contributed by atoms with van der Waals surface area (Å²) in [5.41, 5.74) is 1.36. The molecule has 13 heteroatoms. The first-order valence-electron chi connectivity index (χ1n) is 10.4. The van der Waals surface area contributed by atoms with Crippen LogP contribution >= 0.6 is 11.6 Å². The van der Waals surface area contributed by atoms with Crippen LogP contribution in [0.25, 0.3) is 5.65 Å². The van der Waals surface area contributed by atoms with Crippen molar-refractivity contribution in [2.45, 2.75) is 50.3 Å². The normalized spacial score (nSPS) is 23.6. The number of nitrogens with one attached hydrogen (secondary N) is 3. The van der Waals surface area contributed by atoms with Gasteiger partial charge in [0.25, 0.3) is 0 Å². The first kappa shape index (κ1) is 21.9. The number of nitrogens with zero attached hydrogens (tertiary/aromatic N) is 4. The first-order chi connectivity index (χ1) is 15.8. The van der Waals surface area contributed by atoms with Crippen LogP contribution in [0.1, 0.15) is 37.3 Å². The third-order valence-electron chi connectivity index (χ3n) is 5.68. The van der Waals surface area contributed by atoms with Crippen LogP contribution in [0.2, 0.25) is 5.02 Å². The van der Waals surface area contributed by atoms with Crippen molar-refractivity contribution >= 4 is 35.1 Å². The standard InChI is InChI=1S/C20H23ClFN7O4/c1-20(3-4-20)26-19(30)33-13-9-32-16(15(13)22)12-5-14(28-27-12)25-18-23-6-11(21)17-24-10(8-31-2)7-29(17)18/h5-7,13,15-16H,3-4,8-9H2,1-2H3,(H,26,30)(H2,23,25,27,28)/t13-,15+,16-/m1/s1. The smallest absolute Gasteiger partial charge is 0.408 e. The Balaban J connectivity index is 1.27. The average molecular weight is 480 g/mol. The maximum atomic E-state index is 15.0. The molecule has 3 atom stereocenters. The molecule has 1 amide bonds. The van der Waals surface area contributed by atoms with Gasteiger partial charge in [0.1, 0.15) is 11.1 Å². The minimum atomic E-state index is -1.54. The number of fused-ring (bicyclic) bond motifs is 1. The third kappa shape index (κ3) is 4.45. The molecule has 3 aromatic rings. The number of alkyl halides is 1. The van der Waals surface area contributed by atoms with Gasteiger partial charge >= 0.3 is 6.09 Å². The number of hydrogen-bond acceptors (Lipinski definition) is 8. The molecular formula is C20H23ClFN7O4. The molecule has 4 heterocycles. The fourth-order valence-electron chi connectivity index (χ4n) is 3.63. The molecule has 0 bridgehead atoms. The van der Waals surface area contributed by atoms with E-state index in [2.05, 4.69) is 30.8 Å². The lowest BCUT2D eigenvalue weighted by Crippen LogP contribution is -2.39. The molecule has 5 rings (SSSR count). The fraction of sp³-hybridized carbons (Fsp3) is 0.500. The number of anilines is 2. The number of aromatic nitrogens is 5. The number of amides is 1. The van der Waals surface area contributed by atoms with Crippen molar-refractivity contribution in [1.29, 1.82) is 0 Å². The molecule has 0 unspecified atom stereocenters. The monoisotopic (exact) mass is 479 g/mol. The Kier molecular flexibility index (Phi) is 5.59. The van der Waals surface area contributed by atoms with Gasteiger partial charge in [0, 0.05) is 24.9 Å². The van der Waals surface area contributed by atoms with Gasteiger partial charge in [-0.15, -0.1) is 0 Å². The van der Waals surface area contributed by atoms with Gasteiger partial charge in [-0.1, -0.05) is 11.6 Å². The maximum Gasteiger partial charge on any atom is 0.408 e. The Bertz CT molecular complexity index is 1180. The summed E-state index contributed by atoms with van der Waals surface area (Å²) in [7, 11) is 1.58. The van der Waals surface area contributed by atoms with E-state index in [1.807, 2.05) is 6.92 Å². The number of rotatable bonds is 7. The second-order valence-corrected chi connectivity index (χ2v) is 8.86. The van der Waals surface area contributed by atoms with Crippen molar-refractivity contribution < 1.29 is 23.4 Å². The minimum absolute atomic E-state index is 0.0472. The number of aromatic amines is 1. The third-order valence-corrected chi connectivity index (χ3v) is 5.95. The number of hydrogen-bond donors (Lipinski definition) is 3. The highest BCUT2D eigenvalue weighted by atomic mass is 35.5. The van der Waals surface area contributed by atoms with Crippen LogP contribution in [0.15, 0.2) is 18.5 Å². The predicted octanol–water partition coefficient (Wildman–Crippen LogP) is 3.05. The van der Waals surface area contributed by atoms with Gasteiger partial charge in [0.2, 0.25) is 5.95 Å². The maximum absolute atomic E-state index is 15.0. The molecule has 3 aromatic heterocycles. The molecule has 1 aliphatic carbocycles. The minimum Gasteiger partial charge on any atom is -0.441 e. The Morgan fingerprint density at radius 2 is 2.30 bits per heavy atom. The van der Waals surface area contributed by atoms with Gasteiger partial charge < -0.3 is 24.8 Å². The van der Waals surface area contributed by atoms with E-state index in [1.54, 1.807) is 23.8 Å². The molecule has 1 aliphatic heterocycles. The second-order valence-electron chi connectivity index (χ2n) is 8.45. The van der Waals surface area contributed by atoms with Crippen molar-refractivity contribution in [2.75, 3.05) is 19.0 Å². The molecule has 3 N–H and O–H groups in total. The molecule has 2 fully saturated rings. The summed E-state index contributed by atoms with van der Waals surface area (Å²) in [5, 5.41) is 13.1. The van der Waals surface area contributed by atoms with Gasteiger partial charge in [-0.2, -0.15) is 5.10 Å². The number of halogens is 2. The Morgan fingerprint density at radius 3 is 3.06 bits per heavy atom. The molecular weight excluding hydrogens is 457 g/mol. The second kappa shape index (κ2) is 8.43. The average Bonchev–Trinajstić information content (AvgIpc) is 3.15. The van der Waals surface area contributed by atoms with E-state index < -0.39 is 24.5 Å². The molecule has 1 saturated carbocycles. The number of H-pyrrole nitrogens is 1. The topological polar surface area (TPSA) is 128 Å². The Hall–Kier alpha value is -2.96. The van der Waals surface area contributed by atoms with Crippen LogP contribution in [0.3, 0.4) is 0 Å². The molecule has 0 spiro atoms. The lowest BCUT2D eigenvalue weighted by atomic mass is 10.1. The summed E-state index contributed by atoms with van der Waals surface area (Å²) < 4.78 is 32.5. The van der Waals surface area contributed by atoms with E-state index in [4.69, 9.17) is 25.8 Å². The first-order valence-corrected chi connectivity index (χ1v) is 10.8. The van der Waals surface area contributed by atoms with Crippen LogP contribution < -0.4 is 10.6 Å². The summed E-state index contributed by atoms with van der Waals surface area (Å²) in [4.78, 5) is 20.7. The van der Waals surface area contributed by atoms with Crippen molar-refractivity contribution in [1.82, 2.24) is 29.9 Å². The van der Waals surface area contributed by atoms with Crippen molar-refractivity contribution in [3.05, 3.63) is 34.9 Å². The molecule has 0 aromatic carbocycles. The van der Waals surface area contributed by atoms with E-state index in [1.165, 1.54) is 6.20 Å². The number of ether oxygens (including phenoxy) is 3. The highest BCUT2D eigenvalue weighted by molar-refractivity contribution is 6.33. The lowest BCUT2D eigenvalue weighted by Gasteiger charge is -2.17. The van der Waals surface area contributed by atoms with E-state index >= 15 is 0 Å². The molecule has 0 radical (unpaired) electrons. The van der Waals surface area contributed by atoms with Crippen LogP contribution in [0, 0.1) is 0 Å². The summed E-state index contributed by atoms with van der Waals surface area (Å²) in [6.07, 6.45) is 0.879. The van der Waals surface area contributed by atoms with Crippen molar-refractivity contribution in [2.24, 2.45) is 0 Å². The van der Waals surface area contributed by atoms with Crippen molar-refractivity contribution in [3.63, 3.8) is 0 Å². The zero-order valence-corrected chi connectivity index (χ0v) is 18.7. The van der Waals surface area contributed by atoms with E-state index in [9.17, 15) is 9.18 Å². The van der Waals surface area contributed by atoms with Gasteiger partial charge in [-0.05, 0) is 19.8 Å². The largest absolute Gasteiger partial charge is 0.441 e. The number of methoxy groups -OCH3 is 1. The predicted molar refractivity (Wildman–Crippen MR) is 115 cm³/mol. The van der Waals surface area contributed by atoms with Crippen LogP contribution in [-0.4, -0.2) is 62.2 Å². The highest BCUT2D eigenvalue weighted by Gasteiger charge is 2.44. The van der Waals surface area contributed by atoms with Gasteiger partial charge in [-0.3, -0.25) is 9.50 Å². The van der Waals surface area contributed by atoms with Crippen molar-refractivity contribution in [3.8, 4) is 0 Å². The Labute approximate surface area is 193 Å². The molecule has 1 saturated heterocycles. The van der Waals surface area contributed by atoms with Gasteiger partial charge in [0.15, 0.2) is 23.7 Å². The molecule has 2 aliphatic rings. The zero-order chi connectivity index (χ0) is 23.2.